The van der Waals surface area contributed by atoms with E-state index in [2.05, 4.69) is 11.3 Å². The molecule has 0 radical (unpaired) electrons. The average molecular weight is 158 g/mol. The van der Waals surface area contributed by atoms with E-state index in [9.17, 15) is 4.79 Å². The van der Waals surface area contributed by atoms with Crippen molar-refractivity contribution < 1.29 is 14.6 Å². The van der Waals surface area contributed by atoms with E-state index in [1.807, 2.05) is 0 Å². The molecule has 0 atom stereocenters. The zero-order valence-electron chi connectivity index (χ0n) is 6.75. The first-order valence-corrected chi connectivity index (χ1v) is 3.68. The minimum Gasteiger partial charge on any atom is -0.463 e. The molecule has 1 N–H and O–H groups in total. The lowest BCUT2D eigenvalue weighted by molar-refractivity contribution is -0.137. The van der Waals surface area contributed by atoms with E-state index in [0.717, 1.165) is 18.9 Å². The summed E-state index contributed by atoms with van der Waals surface area (Å²) >= 11 is 0. The Bertz CT molecular complexity index is 127. The van der Waals surface area contributed by atoms with Crippen molar-refractivity contribution in [3.05, 3.63) is 12.7 Å². The van der Waals surface area contributed by atoms with E-state index in [1.165, 1.54) is 0 Å². The van der Waals surface area contributed by atoms with Crippen LogP contribution in [0.5, 0.6) is 0 Å². The molecule has 0 aromatic carbocycles. The predicted molar refractivity (Wildman–Crippen MR) is 42.1 cm³/mol. The van der Waals surface area contributed by atoms with Crippen LogP contribution in [-0.4, -0.2) is 23.8 Å². The third-order valence-corrected chi connectivity index (χ3v) is 1.00. The molecule has 1 aliphatic rings. The van der Waals surface area contributed by atoms with E-state index in [-0.39, 0.29) is 12.1 Å². The maximum Gasteiger partial charge on any atom is 0.330 e. The number of esters is 1. The number of carbonyl (C=O) groups is 1. The van der Waals surface area contributed by atoms with Crippen LogP contribution < -0.4 is 0 Å². The first-order valence-electron chi connectivity index (χ1n) is 3.68. The van der Waals surface area contributed by atoms with Gasteiger partial charge in [0.25, 0.3) is 0 Å². The van der Waals surface area contributed by atoms with Crippen molar-refractivity contribution in [1.82, 2.24) is 0 Å². The first kappa shape index (κ1) is 10.2. The molecule has 11 heavy (non-hydrogen) atoms. The van der Waals surface area contributed by atoms with Gasteiger partial charge < -0.3 is 9.84 Å². The molecule has 1 aliphatic carbocycles. The van der Waals surface area contributed by atoms with Crippen LogP contribution >= 0.6 is 0 Å². The van der Waals surface area contributed by atoms with Crippen molar-refractivity contribution >= 4 is 5.97 Å². The van der Waals surface area contributed by atoms with Gasteiger partial charge in [0.2, 0.25) is 0 Å². The van der Waals surface area contributed by atoms with E-state index < -0.39 is 0 Å². The Kier molecular flexibility index (Phi) is 5.47. The summed E-state index contributed by atoms with van der Waals surface area (Å²) < 4.78 is 4.43. The van der Waals surface area contributed by atoms with E-state index in [4.69, 9.17) is 5.11 Å². The third-order valence-electron chi connectivity index (χ3n) is 1.00. The molecule has 0 aliphatic heterocycles. The number of ether oxygens (including phenoxy) is 1. The Morgan fingerprint density at radius 1 is 1.82 bits per heavy atom. The minimum absolute atomic E-state index is 0.0833. The zero-order valence-corrected chi connectivity index (χ0v) is 6.75. The molecule has 3 heteroatoms. The largest absolute Gasteiger partial charge is 0.463 e. The van der Waals surface area contributed by atoms with Crippen LogP contribution in [0.25, 0.3) is 0 Å². The predicted octanol–water partition coefficient (Wildman–Crippen LogP) is 0.877. The second-order valence-corrected chi connectivity index (χ2v) is 2.19. The van der Waals surface area contributed by atoms with Crippen LogP contribution in [-0.2, 0) is 9.53 Å². The lowest BCUT2D eigenvalue weighted by Crippen LogP contribution is -1.97. The van der Waals surface area contributed by atoms with Gasteiger partial charge in [0, 0.05) is 6.08 Å². The molecular formula is C8H14O3. The van der Waals surface area contributed by atoms with Crippen LogP contribution in [0.15, 0.2) is 12.7 Å². The summed E-state index contributed by atoms with van der Waals surface area (Å²) in [5, 5.41) is 8.17. The molecule has 0 aromatic rings. The van der Waals surface area contributed by atoms with Crippen molar-refractivity contribution in [2.75, 3.05) is 6.61 Å². The summed E-state index contributed by atoms with van der Waals surface area (Å²) in [5.41, 5.74) is 0. The van der Waals surface area contributed by atoms with Gasteiger partial charge in [0.15, 0.2) is 0 Å². The lowest BCUT2D eigenvalue weighted by Gasteiger charge is -1.90. The Labute approximate surface area is 66.7 Å². The van der Waals surface area contributed by atoms with Crippen LogP contribution in [0.1, 0.15) is 19.8 Å². The molecule has 0 saturated heterocycles. The molecule has 0 amide bonds. The summed E-state index contributed by atoms with van der Waals surface area (Å²) in [7, 11) is 0. The Morgan fingerprint density at radius 2 is 2.27 bits per heavy atom. The summed E-state index contributed by atoms with van der Waals surface area (Å²) in [6.07, 6.45) is 3.31. The van der Waals surface area contributed by atoms with Gasteiger partial charge in [-0.2, -0.15) is 0 Å². The van der Waals surface area contributed by atoms with Gasteiger partial charge >= 0.3 is 5.97 Å². The molecule has 0 heterocycles. The summed E-state index contributed by atoms with van der Waals surface area (Å²) in [5.74, 6) is -0.359. The highest BCUT2D eigenvalue weighted by molar-refractivity contribution is 5.81. The van der Waals surface area contributed by atoms with Gasteiger partial charge in [-0.05, 0) is 19.8 Å². The first-order chi connectivity index (χ1) is 5.20. The second kappa shape index (κ2) is 5.92. The quantitative estimate of drug-likeness (QED) is 0.479. The lowest BCUT2D eigenvalue weighted by atomic mass is 10.6. The van der Waals surface area contributed by atoms with Crippen molar-refractivity contribution in [3.63, 3.8) is 0 Å². The maximum atomic E-state index is 10.1. The van der Waals surface area contributed by atoms with Crippen molar-refractivity contribution in [3.8, 4) is 0 Å². The second-order valence-electron chi connectivity index (χ2n) is 2.19. The molecule has 0 spiro atoms. The highest BCUT2D eigenvalue weighted by atomic mass is 16.5. The molecule has 0 bridgehead atoms. The third kappa shape index (κ3) is 9.17. The van der Waals surface area contributed by atoms with Crippen LogP contribution in [0.2, 0.25) is 0 Å². The van der Waals surface area contributed by atoms with Gasteiger partial charge in [0.05, 0.1) is 12.7 Å². The zero-order chi connectivity index (χ0) is 8.69. The monoisotopic (exact) mass is 158 g/mol. The topological polar surface area (TPSA) is 46.5 Å². The summed E-state index contributed by atoms with van der Waals surface area (Å²) in [4.78, 5) is 10.1. The van der Waals surface area contributed by atoms with Gasteiger partial charge in [-0.25, -0.2) is 4.79 Å². The molecular weight excluding hydrogens is 144 g/mol. The number of carbonyl (C=O) groups excluding carboxylic acids is 1. The van der Waals surface area contributed by atoms with Gasteiger partial charge in [-0.15, -0.1) is 0 Å². The number of aliphatic hydroxyl groups is 1. The molecule has 1 fully saturated rings. The van der Waals surface area contributed by atoms with Crippen LogP contribution in [0, 0.1) is 0 Å². The number of hydrogen-bond donors (Lipinski definition) is 1. The van der Waals surface area contributed by atoms with E-state index in [1.54, 1.807) is 6.92 Å². The Morgan fingerprint density at radius 3 is 2.36 bits per heavy atom. The van der Waals surface area contributed by atoms with Crippen LogP contribution in [0.4, 0.5) is 0 Å². The fraction of sp³-hybridized carbons (Fsp3) is 0.625. The maximum absolute atomic E-state index is 10.1. The Hall–Kier alpha value is -0.830. The smallest absolute Gasteiger partial charge is 0.330 e. The number of rotatable bonds is 2. The summed E-state index contributed by atoms with van der Waals surface area (Å²) in [6, 6.07) is 0. The minimum atomic E-state index is -0.359. The van der Waals surface area contributed by atoms with E-state index >= 15 is 0 Å². The van der Waals surface area contributed by atoms with Crippen molar-refractivity contribution in [2.24, 2.45) is 0 Å². The average Bonchev–Trinajstić information content (AvgIpc) is 2.74. The molecule has 1 saturated carbocycles. The molecule has 1 rings (SSSR count). The number of aliphatic hydroxyl groups excluding tert-OH is 1. The number of hydrogen-bond acceptors (Lipinski definition) is 3. The van der Waals surface area contributed by atoms with E-state index in [0.29, 0.717) is 6.61 Å². The normalized spacial score (nSPS) is 14.4. The van der Waals surface area contributed by atoms with Crippen molar-refractivity contribution in [1.29, 1.82) is 0 Å². The van der Waals surface area contributed by atoms with Gasteiger partial charge in [-0.3, -0.25) is 0 Å². The molecule has 64 valence electrons. The summed E-state index contributed by atoms with van der Waals surface area (Å²) in [6.45, 7) is 5.38. The highest BCUT2D eigenvalue weighted by Gasteiger charge is 2.15. The van der Waals surface area contributed by atoms with Crippen LogP contribution in [0.3, 0.4) is 0 Å². The molecule has 0 aromatic heterocycles. The van der Waals surface area contributed by atoms with Gasteiger partial charge in [-0.1, -0.05) is 6.58 Å². The van der Waals surface area contributed by atoms with Crippen molar-refractivity contribution in [2.45, 2.75) is 25.9 Å². The SMILES string of the molecule is C=CC(=O)OCC.OC1CC1. The Balaban J connectivity index is 0.000000207. The molecule has 3 nitrogen and oxygen atoms in total. The molecule has 0 unspecified atom stereocenters. The fourth-order valence-electron chi connectivity index (χ4n) is 0.276. The fourth-order valence-corrected chi connectivity index (χ4v) is 0.276. The van der Waals surface area contributed by atoms with Gasteiger partial charge in [0.1, 0.15) is 0 Å². The standard InChI is InChI=1S/C5H8O2.C3H6O/c1-3-5(6)7-4-2;4-3-1-2-3/h3H,1,4H2,2H3;3-4H,1-2H2. The highest BCUT2D eigenvalue weighted by Crippen LogP contribution is 2.16.